The second-order valence-electron chi connectivity index (χ2n) is 8.19. The van der Waals surface area contributed by atoms with Gasteiger partial charge in [-0.1, -0.05) is 44.0 Å². The number of fused-ring (bicyclic) bond motifs is 2. The molecule has 4 nitrogen and oxygen atoms in total. The van der Waals surface area contributed by atoms with E-state index in [9.17, 15) is 9.59 Å². The first-order valence-corrected chi connectivity index (χ1v) is 11.0. The van der Waals surface area contributed by atoms with E-state index in [1.54, 1.807) is 18.2 Å². The lowest BCUT2D eigenvalue weighted by atomic mass is 9.74. The Bertz CT molecular complexity index is 1200. The van der Waals surface area contributed by atoms with Gasteiger partial charge in [0.1, 0.15) is 9.71 Å². The van der Waals surface area contributed by atoms with Gasteiger partial charge in [0.2, 0.25) is 5.78 Å². The highest BCUT2D eigenvalue weighted by Crippen LogP contribution is 2.43. The lowest BCUT2D eigenvalue weighted by Crippen LogP contribution is -2.29. The molecule has 2 N–H and O–H groups in total. The molecule has 0 radical (unpaired) electrons. The quantitative estimate of drug-likeness (QED) is 0.490. The Morgan fingerprint density at radius 3 is 2.62 bits per heavy atom. The monoisotopic (exact) mass is 446 g/mol. The molecule has 1 aromatic carbocycles. The molecule has 4 rings (SSSR count). The van der Waals surface area contributed by atoms with Crippen molar-refractivity contribution in [2.24, 2.45) is 5.41 Å². The number of hydrogen-bond donors (Lipinski definition) is 1. The number of halogens is 2. The molecule has 150 valence electrons. The van der Waals surface area contributed by atoms with Gasteiger partial charge in [0.15, 0.2) is 5.78 Å². The highest BCUT2D eigenvalue weighted by molar-refractivity contribution is 7.21. The Kier molecular flexibility index (Phi) is 4.96. The first-order valence-electron chi connectivity index (χ1n) is 9.39. The zero-order valence-electron chi connectivity index (χ0n) is 16.4. The van der Waals surface area contributed by atoms with Gasteiger partial charge in [-0.25, -0.2) is 4.98 Å². The average molecular weight is 447 g/mol. The van der Waals surface area contributed by atoms with Gasteiger partial charge in [0.05, 0.1) is 21.4 Å². The molecule has 0 aliphatic heterocycles. The third-order valence-electron chi connectivity index (χ3n) is 5.36. The van der Waals surface area contributed by atoms with Crippen LogP contribution in [0.4, 0.5) is 5.69 Å². The van der Waals surface area contributed by atoms with Gasteiger partial charge in [0.25, 0.3) is 0 Å². The highest BCUT2D eigenvalue weighted by Gasteiger charge is 2.35. The molecular formula is C22H20Cl2N2O2S. The number of carbonyl (C=O) groups excluding carboxylic acids is 2. The van der Waals surface area contributed by atoms with Crippen LogP contribution >= 0.6 is 34.5 Å². The molecular weight excluding hydrogens is 427 g/mol. The van der Waals surface area contributed by atoms with Gasteiger partial charge in [-0.15, -0.1) is 11.3 Å². The second-order valence-corrected chi connectivity index (χ2v) is 10.0. The fraction of sp³-hybridized carbons (Fsp3) is 0.318. The summed E-state index contributed by atoms with van der Waals surface area (Å²) < 4.78 is 0. The number of anilines is 1. The summed E-state index contributed by atoms with van der Waals surface area (Å²) >= 11 is 13.3. The normalized spacial score (nSPS) is 15.6. The summed E-state index contributed by atoms with van der Waals surface area (Å²) in [4.78, 5) is 31.9. The number of aromatic nitrogens is 1. The fourth-order valence-electron chi connectivity index (χ4n) is 4.07. The average Bonchev–Trinajstić information content (AvgIpc) is 2.97. The molecule has 1 aliphatic carbocycles. The third kappa shape index (κ3) is 3.35. The zero-order valence-corrected chi connectivity index (χ0v) is 18.7. The van der Waals surface area contributed by atoms with Crippen molar-refractivity contribution in [3.8, 4) is 0 Å². The number of Topliss-reactive ketones (excluding diaryl/α,β-unsaturated/α-hetero) is 1. The summed E-state index contributed by atoms with van der Waals surface area (Å²) in [6.07, 6.45) is 1.86. The van der Waals surface area contributed by atoms with Crippen molar-refractivity contribution in [1.29, 1.82) is 0 Å². The molecule has 1 aliphatic rings. The number of nitrogens with two attached hydrogens (primary N) is 1. The van der Waals surface area contributed by atoms with Crippen molar-refractivity contribution in [3.05, 3.63) is 55.5 Å². The Balaban J connectivity index is 1.93. The van der Waals surface area contributed by atoms with E-state index in [1.807, 2.05) is 6.92 Å². The Labute approximate surface area is 183 Å². The predicted molar refractivity (Wildman–Crippen MR) is 120 cm³/mol. The van der Waals surface area contributed by atoms with Crippen molar-refractivity contribution >= 4 is 62.0 Å². The Morgan fingerprint density at radius 1 is 1.24 bits per heavy atom. The molecule has 0 spiro atoms. The number of hydrogen-bond acceptors (Lipinski definition) is 5. The van der Waals surface area contributed by atoms with Crippen molar-refractivity contribution in [3.63, 3.8) is 0 Å². The first kappa shape index (κ1) is 20.3. The maximum Gasteiger partial charge on any atom is 0.205 e. The lowest BCUT2D eigenvalue weighted by Gasteiger charge is -2.30. The van der Waals surface area contributed by atoms with Gasteiger partial charge in [0, 0.05) is 22.9 Å². The lowest BCUT2D eigenvalue weighted by molar-refractivity contribution is 0.0909. The summed E-state index contributed by atoms with van der Waals surface area (Å²) in [6, 6.07) is 4.77. The van der Waals surface area contributed by atoms with E-state index < -0.39 is 0 Å². The minimum atomic E-state index is -0.226. The van der Waals surface area contributed by atoms with E-state index in [0.717, 1.165) is 23.1 Å². The number of ketones is 2. The topological polar surface area (TPSA) is 73.1 Å². The number of pyridine rings is 1. The van der Waals surface area contributed by atoms with Crippen LogP contribution in [0.25, 0.3) is 10.2 Å². The van der Waals surface area contributed by atoms with E-state index in [1.165, 1.54) is 11.3 Å². The van der Waals surface area contributed by atoms with Crippen LogP contribution in [-0.4, -0.2) is 16.6 Å². The number of nitrogens with zero attached hydrogens (tertiary/aromatic N) is 1. The van der Waals surface area contributed by atoms with Gasteiger partial charge in [-0.2, -0.15) is 0 Å². The summed E-state index contributed by atoms with van der Waals surface area (Å²) in [5.74, 6) is -0.124. The molecule has 0 bridgehead atoms. The molecule has 0 unspecified atom stereocenters. The summed E-state index contributed by atoms with van der Waals surface area (Å²) in [7, 11) is 0. The molecule has 0 saturated heterocycles. The van der Waals surface area contributed by atoms with Crippen LogP contribution in [0.1, 0.15) is 64.0 Å². The Hall–Kier alpha value is -1.95. The van der Waals surface area contributed by atoms with Crippen LogP contribution in [0.2, 0.25) is 10.0 Å². The minimum absolute atomic E-state index is 0.102. The Morgan fingerprint density at radius 2 is 1.97 bits per heavy atom. The molecule has 7 heteroatoms. The van der Waals surface area contributed by atoms with Crippen LogP contribution < -0.4 is 5.73 Å². The minimum Gasteiger partial charge on any atom is -0.397 e. The van der Waals surface area contributed by atoms with Crippen LogP contribution in [0.5, 0.6) is 0 Å². The SMILES string of the molecule is CCc1c2c(nc3sc(C(=O)c4ccc(Cl)c(Cl)c4)c(N)c13)CC(C)(C)CC2=O. The van der Waals surface area contributed by atoms with Crippen molar-refractivity contribution in [1.82, 2.24) is 4.98 Å². The maximum atomic E-state index is 13.1. The molecule has 3 aromatic rings. The number of nitrogen functional groups attached to an aromatic ring is 1. The molecule has 0 saturated carbocycles. The number of carbonyl (C=O) groups is 2. The summed E-state index contributed by atoms with van der Waals surface area (Å²) in [5.41, 5.74) is 9.50. The summed E-state index contributed by atoms with van der Waals surface area (Å²) in [5, 5.41) is 1.43. The highest BCUT2D eigenvalue weighted by atomic mass is 35.5. The molecule has 2 aromatic heterocycles. The van der Waals surface area contributed by atoms with E-state index in [4.69, 9.17) is 33.9 Å². The van der Waals surface area contributed by atoms with Crippen LogP contribution in [-0.2, 0) is 12.8 Å². The summed E-state index contributed by atoms with van der Waals surface area (Å²) in [6.45, 7) is 6.15. The van der Waals surface area contributed by atoms with Crippen LogP contribution in [0, 0.1) is 5.41 Å². The standard InChI is InChI=1S/C22H20Cl2N2O2S/c1-4-11-16-14(8-22(2,3)9-15(16)27)26-21-17(11)18(25)20(29-21)19(28)10-5-6-12(23)13(24)7-10/h5-7H,4,8-9,25H2,1-3H3. The van der Waals surface area contributed by atoms with Crippen molar-refractivity contribution in [2.45, 2.75) is 40.0 Å². The smallest absolute Gasteiger partial charge is 0.205 e. The first-order chi connectivity index (χ1) is 13.6. The number of benzene rings is 1. The van der Waals surface area contributed by atoms with E-state index in [0.29, 0.717) is 49.4 Å². The maximum absolute atomic E-state index is 13.1. The van der Waals surface area contributed by atoms with Crippen LogP contribution in [0.3, 0.4) is 0 Å². The number of thiophene rings is 1. The second kappa shape index (κ2) is 7.08. The largest absolute Gasteiger partial charge is 0.397 e. The van der Waals surface area contributed by atoms with Crippen molar-refractivity contribution in [2.75, 3.05) is 5.73 Å². The van der Waals surface area contributed by atoms with E-state index >= 15 is 0 Å². The zero-order chi connectivity index (χ0) is 21.1. The molecule has 0 amide bonds. The van der Waals surface area contributed by atoms with Gasteiger partial charge in [-0.05, 0) is 42.0 Å². The fourth-order valence-corrected chi connectivity index (χ4v) is 5.47. The van der Waals surface area contributed by atoms with Gasteiger partial charge >= 0.3 is 0 Å². The molecule has 0 fully saturated rings. The number of rotatable bonds is 3. The van der Waals surface area contributed by atoms with E-state index in [-0.39, 0.29) is 17.0 Å². The van der Waals surface area contributed by atoms with Crippen molar-refractivity contribution < 1.29 is 9.59 Å². The van der Waals surface area contributed by atoms with E-state index in [2.05, 4.69) is 13.8 Å². The molecule has 29 heavy (non-hydrogen) atoms. The predicted octanol–water partition coefficient (Wildman–Crippen LogP) is 6.13. The van der Waals surface area contributed by atoms with Crippen LogP contribution in [0.15, 0.2) is 18.2 Å². The molecule has 2 heterocycles. The number of aryl methyl sites for hydroxylation is 1. The van der Waals surface area contributed by atoms with Gasteiger partial charge in [-0.3, -0.25) is 9.59 Å². The third-order valence-corrected chi connectivity index (χ3v) is 7.20. The van der Waals surface area contributed by atoms with Gasteiger partial charge < -0.3 is 5.73 Å². The molecule has 0 atom stereocenters.